The first-order chi connectivity index (χ1) is 18.4. The lowest BCUT2D eigenvalue weighted by Crippen LogP contribution is -2.40. The summed E-state index contributed by atoms with van der Waals surface area (Å²) in [6.45, 7) is 0.642. The second-order valence-corrected chi connectivity index (χ2v) is 9.72. The third-order valence-electron chi connectivity index (χ3n) is 6.32. The standard InChI is InChI=1S/C30H23Cl2N3O3/c31-24-8-5-6-21(16-24)19-34-27-11-4-2-9-25(27)29(37)35(30(34)38)18-20-12-14-22(15-13-20)28(36)33-17-23-7-1-3-10-26(23)32/h1-16H,17-19H2,(H,33,36). The van der Waals surface area contributed by atoms with Crippen molar-refractivity contribution in [3.05, 3.63) is 150 Å². The Bertz CT molecular complexity index is 1760. The van der Waals surface area contributed by atoms with Gasteiger partial charge in [-0.2, -0.15) is 0 Å². The normalized spacial score (nSPS) is 11.0. The number of halogens is 2. The molecule has 6 nitrogen and oxygen atoms in total. The Labute approximate surface area is 228 Å². The first-order valence-corrected chi connectivity index (χ1v) is 12.7. The van der Waals surface area contributed by atoms with Crippen molar-refractivity contribution in [2.75, 3.05) is 0 Å². The first-order valence-electron chi connectivity index (χ1n) is 12.0. The van der Waals surface area contributed by atoms with Gasteiger partial charge in [-0.3, -0.25) is 18.7 Å². The number of carbonyl (C=O) groups excluding carboxylic acids is 1. The van der Waals surface area contributed by atoms with E-state index in [9.17, 15) is 14.4 Å². The van der Waals surface area contributed by atoms with Crippen LogP contribution >= 0.6 is 23.2 Å². The summed E-state index contributed by atoms with van der Waals surface area (Å²) in [6.07, 6.45) is 0. The number of rotatable bonds is 7. The van der Waals surface area contributed by atoms with E-state index in [4.69, 9.17) is 23.2 Å². The molecule has 4 aromatic carbocycles. The van der Waals surface area contributed by atoms with Gasteiger partial charge < -0.3 is 5.32 Å². The Kier molecular flexibility index (Phi) is 7.45. The van der Waals surface area contributed by atoms with E-state index >= 15 is 0 Å². The predicted octanol–water partition coefficient (Wildman–Crippen LogP) is 5.50. The van der Waals surface area contributed by atoms with Crippen LogP contribution in [0.15, 0.2) is 107 Å². The van der Waals surface area contributed by atoms with Crippen molar-refractivity contribution in [3.8, 4) is 0 Å². The zero-order chi connectivity index (χ0) is 26.6. The van der Waals surface area contributed by atoms with Gasteiger partial charge in [0.15, 0.2) is 0 Å². The highest BCUT2D eigenvalue weighted by molar-refractivity contribution is 6.31. The number of hydrogen-bond donors (Lipinski definition) is 1. The highest BCUT2D eigenvalue weighted by Gasteiger charge is 2.14. The summed E-state index contributed by atoms with van der Waals surface area (Å²) < 4.78 is 2.80. The Hall–Kier alpha value is -4.13. The lowest BCUT2D eigenvalue weighted by atomic mass is 10.1. The third-order valence-corrected chi connectivity index (χ3v) is 6.92. The van der Waals surface area contributed by atoms with E-state index < -0.39 is 5.69 Å². The number of benzene rings is 4. The Morgan fingerprint density at radius 1 is 0.737 bits per heavy atom. The number of aromatic nitrogens is 2. The highest BCUT2D eigenvalue weighted by Crippen LogP contribution is 2.16. The van der Waals surface area contributed by atoms with Gasteiger partial charge in [0.25, 0.3) is 11.5 Å². The molecule has 1 aromatic heterocycles. The van der Waals surface area contributed by atoms with Gasteiger partial charge in [-0.1, -0.05) is 77.8 Å². The van der Waals surface area contributed by atoms with Gasteiger partial charge in [0.2, 0.25) is 0 Å². The maximum Gasteiger partial charge on any atom is 0.332 e. The fraction of sp³-hybridized carbons (Fsp3) is 0.100. The minimum Gasteiger partial charge on any atom is -0.348 e. The van der Waals surface area contributed by atoms with Crippen LogP contribution in [-0.4, -0.2) is 15.0 Å². The Morgan fingerprint density at radius 2 is 1.45 bits per heavy atom. The molecule has 0 aliphatic heterocycles. The quantitative estimate of drug-likeness (QED) is 0.294. The van der Waals surface area contributed by atoms with Crippen LogP contribution in [0.5, 0.6) is 0 Å². The summed E-state index contributed by atoms with van der Waals surface area (Å²) >= 11 is 12.3. The van der Waals surface area contributed by atoms with E-state index in [-0.39, 0.29) is 24.6 Å². The second kappa shape index (κ2) is 11.1. The Morgan fingerprint density at radius 3 is 2.21 bits per heavy atom. The minimum absolute atomic E-state index is 0.0690. The Balaban J connectivity index is 1.41. The number of hydrogen-bond acceptors (Lipinski definition) is 3. The zero-order valence-electron chi connectivity index (χ0n) is 20.2. The molecule has 8 heteroatoms. The molecule has 0 bridgehead atoms. The molecule has 0 spiro atoms. The average Bonchev–Trinajstić information content (AvgIpc) is 2.93. The molecule has 5 aromatic rings. The largest absolute Gasteiger partial charge is 0.348 e. The van der Waals surface area contributed by atoms with Gasteiger partial charge in [0.1, 0.15) is 0 Å². The number of nitrogens with one attached hydrogen (secondary N) is 1. The SMILES string of the molecule is O=C(NCc1ccccc1Cl)c1ccc(Cn2c(=O)c3ccccc3n(Cc3cccc(Cl)c3)c2=O)cc1. The van der Waals surface area contributed by atoms with Crippen LogP contribution in [0.4, 0.5) is 0 Å². The van der Waals surface area contributed by atoms with Gasteiger partial charge in [0, 0.05) is 22.2 Å². The van der Waals surface area contributed by atoms with Gasteiger partial charge in [-0.15, -0.1) is 0 Å². The topological polar surface area (TPSA) is 73.1 Å². The lowest BCUT2D eigenvalue weighted by Gasteiger charge is -2.15. The van der Waals surface area contributed by atoms with E-state index in [2.05, 4.69) is 5.32 Å². The molecule has 0 aliphatic rings. The van der Waals surface area contributed by atoms with Crippen molar-refractivity contribution < 1.29 is 4.79 Å². The molecule has 1 heterocycles. The van der Waals surface area contributed by atoms with E-state index in [1.165, 1.54) is 4.57 Å². The van der Waals surface area contributed by atoms with E-state index in [1.807, 2.05) is 30.3 Å². The summed E-state index contributed by atoms with van der Waals surface area (Å²) in [5.41, 5.74) is 2.63. The number of para-hydroxylation sites is 1. The van der Waals surface area contributed by atoms with Crippen molar-refractivity contribution in [2.45, 2.75) is 19.6 Å². The van der Waals surface area contributed by atoms with Crippen LogP contribution in [0.25, 0.3) is 10.9 Å². The molecule has 5 rings (SSSR count). The molecule has 0 fully saturated rings. The van der Waals surface area contributed by atoms with Crippen LogP contribution in [0.3, 0.4) is 0 Å². The van der Waals surface area contributed by atoms with Crippen LogP contribution in [0.2, 0.25) is 10.0 Å². The monoisotopic (exact) mass is 543 g/mol. The molecule has 1 amide bonds. The zero-order valence-corrected chi connectivity index (χ0v) is 21.7. The number of amides is 1. The maximum absolute atomic E-state index is 13.5. The first kappa shape index (κ1) is 25.5. The molecular weight excluding hydrogens is 521 g/mol. The fourth-order valence-electron chi connectivity index (χ4n) is 4.34. The second-order valence-electron chi connectivity index (χ2n) is 8.88. The van der Waals surface area contributed by atoms with Crippen molar-refractivity contribution in [2.24, 2.45) is 0 Å². The summed E-state index contributed by atoms with van der Waals surface area (Å²) in [7, 11) is 0. The highest BCUT2D eigenvalue weighted by atomic mass is 35.5. The molecular formula is C30H23Cl2N3O3. The summed E-state index contributed by atoms with van der Waals surface area (Å²) in [6, 6.07) is 28.5. The number of carbonyl (C=O) groups is 1. The van der Waals surface area contributed by atoms with Crippen molar-refractivity contribution in [1.82, 2.24) is 14.5 Å². The van der Waals surface area contributed by atoms with Gasteiger partial charge in [-0.25, -0.2) is 4.79 Å². The molecule has 1 N–H and O–H groups in total. The summed E-state index contributed by atoms with van der Waals surface area (Å²) in [5.74, 6) is -0.247. The molecule has 0 aliphatic carbocycles. The van der Waals surface area contributed by atoms with Gasteiger partial charge >= 0.3 is 5.69 Å². The molecule has 0 unspecified atom stereocenters. The van der Waals surface area contributed by atoms with Crippen molar-refractivity contribution >= 4 is 40.0 Å². The van der Waals surface area contributed by atoms with Crippen LogP contribution in [0.1, 0.15) is 27.0 Å². The molecule has 38 heavy (non-hydrogen) atoms. The number of nitrogens with zero attached hydrogens (tertiary/aromatic N) is 2. The third kappa shape index (κ3) is 5.42. The minimum atomic E-state index is -0.421. The fourth-order valence-corrected chi connectivity index (χ4v) is 4.76. The average molecular weight is 544 g/mol. The molecule has 0 radical (unpaired) electrons. The van der Waals surface area contributed by atoms with Gasteiger partial charge in [-0.05, 0) is 59.2 Å². The summed E-state index contributed by atoms with van der Waals surface area (Å²) in [4.78, 5) is 39.5. The summed E-state index contributed by atoms with van der Waals surface area (Å²) in [5, 5.41) is 4.47. The molecule has 0 saturated heterocycles. The van der Waals surface area contributed by atoms with E-state index in [0.29, 0.717) is 33.1 Å². The smallest absolute Gasteiger partial charge is 0.332 e. The maximum atomic E-state index is 13.5. The molecule has 0 saturated carbocycles. The predicted molar refractivity (Wildman–Crippen MR) is 151 cm³/mol. The molecule has 0 atom stereocenters. The van der Waals surface area contributed by atoms with Crippen LogP contribution < -0.4 is 16.6 Å². The van der Waals surface area contributed by atoms with Crippen molar-refractivity contribution in [3.63, 3.8) is 0 Å². The van der Waals surface area contributed by atoms with E-state index in [1.54, 1.807) is 71.3 Å². The number of fused-ring (bicyclic) bond motifs is 1. The van der Waals surface area contributed by atoms with E-state index in [0.717, 1.165) is 16.7 Å². The van der Waals surface area contributed by atoms with Crippen molar-refractivity contribution in [1.29, 1.82) is 0 Å². The van der Waals surface area contributed by atoms with Crippen LogP contribution in [0, 0.1) is 0 Å². The lowest BCUT2D eigenvalue weighted by molar-refractivity contribution is 0.0951. The molecule has 190 valence electrons. The van der Waals surface area contributed by atoms with Crippen LogP contribution in [-0.2, 0) is 19.6 Å². The van der Waals surface area contributed by atoms with Gasteiger partial charge in [0.05, 0.1) is 24.0 Å².